The average Bonchev–Trinajstić information content (AvgIpc) is 1.97. The summed E-state index contributed by atoms with van der Waals surface area (Å²) in [6.45, 7) is 4.53. The Morgan fingerprint density at radius 2 is 2.00 bits per heavy atom. The molecule has 0 fully saturated rings. The Balaban J connectivity index is 3.36. The van der Waals surface area contributed by atoms with E-state index in [1.54, 1.807) is 10.8 Å². The largest absolute Gasteiger partial charge is 0.150 e. The summed E-state index contributed by atoms with van der Waals surface area (Å²) in [5.41, 5.74) is 0. The van der Waals surface area contributed by atoms with Gasteiger partial charge < -0.3 is 0 Å². The van der Waals surface area contributed by atoms with E-state index in [0.29, 0.717) is 0 Å². The van der Waals surface area contributed by atoms with Crippen molar-refractivity contribution in [3.05, 3.63) is 0 Å². The highest BCUT2D eigenvalue weighted by atomic mass is 33.1. The minimum atomic E-state index is 0.723. The minimum absolute atomic E-state index is 0.723. The molecule has 0 aliphatic heterocycles. The number of thiol groups is 1. The molecule has 0 aliphatic carbocycles. The van der Waals surface area contributed by atoms with Crippen LogP contribution in [0.2, 0.25) is 0 Å². The topological polar surface area (TPSA) is 0 Å². The SMILES string of the molecule is CSC(SSCSS)C(C)C. The first kappa shape index (κ1) is 12.8. The van der Waals surface area contributed by atoms with Crippen molar-refractivity contribution in [2.24, 2.45) is 5.92 Å². The van der Waals surface area contributed by atoms with Crippen LogP contribution in [0, 0.1) is 5.92 Å². The molecule has 0 heterocycles. The Bertz CT molecular complexity index is 85.0. The molecule has 0 amide bonds. The van der Waals surface area contributed by atoms with Gasteiger partial charge in [-0.2, -0.15) is 0 Å². The Labute approximate surface area is 91.0 Å². The highest BCUT2D eigenvalue weighted by molar-refractivity contribution is 8.83. The second kappa shape index (κ2) is 8.35. The third-order valence-corrected chi connectivity index (χ3v) is 7.80. The van der Waals surface area contributed by atoms with Gasteiger partial charge in [0, 0.05) is 0 Å². The van der Waals surface area contributed by atoms with E-state index in [1.165, 1.54) is 0 Å². The quantitative estimate of drug-likeness (QED) is 0.322. The van der Waals surface area contributed by atoms with Crippen molar-refractivity contribution in [1.29, 1.82) is 0 Å². The van der Waals surface area contributed by atoms with E-state index in [9.17, 15) is 0 Å². The molecule has 0 nitrogen and oxygen atoms in total. The molecule has 0 rings (SSSR count). The van der Waals surface area contributed by atoms with Gasteiger partial charge in [0.25, 0.3) is 0 Å². The first-order valence-electron chi connectivity index (χ1n) is 3.29. The molecule has 1 unspecified atom stereocenters. The molecule has 0 aromatic rings. The molecule has 0 N–H and O–H groups in total. The lowest BCUT2D eigenvalue weighted by molar-refractivity contribution is 0.723. The van der Waals surface area contributed by atoms with Crippen LogP contribution in [0.5, 0.6) is 0 Å². The fraction of sp³-hybridized carbons (Fsp3) is 1.00. The molecule has 11 heavy (non-hydrogen) atoms. The van der Waals surface area contributed by atoms with Crippen molar-refractivity contribution in [3.8, 4) is 0 Å². The van der Waals surface area contributed by atoms with E-state index >= 15 is 0 Å². The molecule has 68 valence electrons. The smallest absolute Gasteiger partial charge is 0.0626 e. The van der Waals surface area contributed by atoms with Gasteiger partial charge in [-0.05, 0) is 12.2 Å². The van der Waals surface area contributed by atoms with Crippen LogP contribution in [-0.4, -0.2) is 15.9 Å². The maximum Gasteiger partial charge on any atom is 0.0626 e. The monoisotopic (exact) mass is 246 g/mol. The first-order chi connectivity index (χ1) is 5.22. The van der Waals surface area contributed by atoms with Gasteiger partial charge in [0.05, 0.1) is 9.67 Å². The van der Waals surface area contributed by atoms with Crippen LogP contribution >= 0.6 is 55.8 Å². The molecule has 0 aromatic carbocycles. The summed E-state index contributed by atoms with van der Waals surface area (Å²) < 4.78 is 0.723. The van der Waals surface area contributed by atoms with Gasteiger partial charge in [-0.1, -0.05) is 46.2 Å². The first-order valence-corrected chi connectivity index (χ1v) is 9.00. The number of rotatable bonds is 6. The molecular weight excluding hydrogens is 232 g/mol. The molecule has 0 aliphatic rings. The van der Waals surface area contributed by atoms with Crippen LogP contribution in [-0.2, 0) is 0 Å². The molecule has 0 bridgehead atoms. The van der Waals surface area contributed by atoms with Crippen molar-refractivity contribution >= 4 is 55.8 Å². The maximum absolute atomic E-state index is 4.08. The zero-order valence-corrected chi connectivity index (χ0v) is 11.1. The van der Waals surface area contributed by atoms with Crippen LogP contribution < -0.4 is 0 Å². The van der Waals surface area contributed by atoms with Gasteiger partial charge in [0.2, 0.25) is 0 Å². The van der Waals surface area contributed by atoms with Crippen molar-refractivity contribution in [2.75, 3.05) is 11.3 Å². The molecule has 0 saturated heterocycles. The molecule has 0 saturated carbocycles. The summed E-state index contributed by atoms with van der Waals surface area (Å²) in [4.78, 5) is 0. The summed E-state index contributed by atoms with van der Waals surface area (Å²) in [6, 6.07) is 0. The Morgan fingerprint density at radius 1 is 1.36 bits per heavy atom. The standard InChI is InChI=1S/C6H14S5/c1-5(2)6(8-3)11-10-4-9-7/h5-7H,4H2,1-3H3. The van der Waals surface area contributed by atoms with Gasteiger partial charge in [-0.25, -0.2) is 0 Å². The number of hydrogen-bond acceptors (Lipinski definition) is 5. The van der Waals surface area contributed by atoms with Crippen LogP contribution in [0.3, 0.4) is 0 Å². The zero-order chi connectivity index (χ0) is 8.69. The summed E-state index contributed by atoms with van der Waals surface area (Å²) in [5.74, 6) is 0.757. The van der Waals surface area contributed by atoms with Crippen molar-refractivity contribution in [3.63, 3.8) is 0 Å². The molecule has 0 radical (unpaired) electrons. The molecule has 0 aromatic heterocycles. The number of thioether (sulfide) groups is 1. The Morgan fingerprint density at radius 3 is 2.36 bits per heavy atom. The average molecular weight is 247 g/mol. The van der Waals surface area contributed by atoms with Crippen LogP contribution in [0.25, 0.3) is 0 Å². The van der Waals surface area contributed by atoms with Gasteiger partial charge in [0.15, 0.2) is 0 Å². The third kappa shape index (κ3) is 6.87. The maximum atomic E-state index is 4.08. The predicted octanol–water partition coefficient (Wildman–Crippen LogP) is 4.25. The highest BCUT2D eigenvalue weighted by Gasteiger charge is 2.11. The van der Waals surface area contributed by atoms with Gasteiger partial charge in [-0.15, -0.1) is 23.4 Å². The van der Waals surface area contributed by atoms with Gasteiger partial charge >= 0.3 is 0 Å². The molecule has 5 heteroatoms. The van der Waals surface area contributed by atoms with E-state index < -0.39 is 0 Å². The normalized spacial score (nSPS) is 13.9. The summed E-state index contributed by atoms with van der Waals surface area (Å²) in [7, 11) is 5.45. The summed E-state index contributed by atoms with van der Waals surface area (Å²) in [5, 5.41) is 1.07. The van der Waals surface area contributed by atoms with Gasteiger partial charge in [0.1, 0.15) is 0 Å². The predicted molar refractivity (Wildman–Crippen MR) is 68.8 cm³/mol. The molecular formula is C6H14S5. The lowest BCUT2D eigenvalue weighted by Crippen LogP contribution is -2.03. The van der Waals surface area contributed by atoms with E-state index in [0.717, 1.165) is 15.6 Å². The minimum Gasteiger partial charge on any atom is -0.150 e. The Hall–Kier alpha value is 1.75. The van der Waals surface area contributed by atoms with Crippen molar-refractivity contribution < 1.29 is 0 Å². The van der Waals surface area contributed by atoms with Gasteiger partial charge in [-0.3, -0.25) is 0 Å². The number of hydrogen-bond donors (Lipinski definition) is 1. The second-order valence-corrected chi connectivity index (χ2v) is 7.78. The van der Waals surface area contributed by atoms with Crippen molar-refractivity contribution in [1.82, 2.24) is 0 Å². The van der Waals surface area contributed by atoms with Crippen LogP contribution in [0.15, 0.2) is 0 Å². The summed E-state index contributed by atoms with van der Waals surface area (Å²) >= 11 is 6.02. The van der Waals surface area contributed by atoms with Crippen molar-refractivity contribution in [2.45, 2.75) is 18.4 Å². The zero-order valence-electron chi connectivity index (χ0n) is 6.94. The lowest BCUT2D eigenvalue weighted by atomic mass is 10.3. The Kier molecular flexibility index (Phi) is 9.68. The summed E-state index contributed by atoms with van der Waals surface area (Å²) in [6.07, 6.45) is 2.17. The third-order valence-electron chi connectivity index (χ3n) is 1.04. The fourth-order valence-electron chi connectivity index (χ4n) is 0.539. The molecule has 0 spiro atoms. The van der Waals surface area contributed by atoms with Crippen LogP contribution in [0.4, 0.5) is 0 Å². The van der Waals surface area contributed by atoms with Crippen LogP contribution in [0.1, 0.15) is 13.8 Å². The van der Waals surface area contributed by atoms with E-state index in [2.05, 4.69) is 31.8 Å². The molecule has 1 atom stereocenters. The van der Waals surface area contributed by atoms with E-state index in [-0.39, 0.29) is 0 Å². The van der Waals surface area contributed by atoms with E-state index in [1.807, 2.05) is 33.3 Å². The second-order valence-electron chi connectivity index (χ2n) is 2.31. The fourth-order valence-corrected chi connectivity index (χ4v) is 6.47. The highest BCUT2D eigenvalue weighted by Crippen LogP contribution is 2.38. The lowest BCUT2D eigenvalue weighted by Gasteiger charge is -2.16. The van der Waals surface area contributed by atoms with E-state index in [4.69, 9.17) is 0 Å².